The standard InChI is InChI=1S/C11H13N3O2S/c1-14-7-9(12)10(13-14)11(15)16-5-4-8-3-2-6-17-8/h2-3,6-7H,4-5,12H2,1H3. The Hall–Kier alpha value is -1.82. The fraction of sp³-hybridized carbons (Fsp3) is 0.273. The van der Waals surface area contributed by atoms with Crippen molar-refractivity contribution in [3.63, 3.8) is 0 Å². The number of carbonyl (C=O) groups is 1. The lowest BCUT2D eigenvalue weighted by atomic mass is 10.3. The number of rotatable bonds is 4. The second-order valence-corrected chi connectivity index (χ2v) is 4.60. The molecule has 0 atom stereocenters. The molecule has 0 amide bonds. The molecule has 6 heteroatoms. The highest BCUT2D eigenvalue weighted by atomic mass is 32.1. The van der Waals surface area contributed by atoms with E-state index in [1.54, 1.807) is 24.6 Å². The molecule has 0 aliphatic heterocycles. The molecule has 0 radical (unpaired) electrons. The Morgan fingerprint density at radius 2 is 2.47 bits per heavy atom. The number of thiophene rings is 1. The number of aromatic nitrogens is 2. The van der Waals surface area contributed by atoms with Gasteiger partial charge in [-0.3, -0.25) is 4.68 Å². The van der Waals surface area contributed by atoms with Crippen LogP contribution in [0.5, 0.6) is 0 Å². The highest BCUT2D eigenvalue weighted by Gasteiger charge is 2.15. The molecular formula is C11H13N3O2S. The third-order valence-corrected chi connectivity index (χ3v) is 3.15. The highest BCUT2D eigenvalue weighted by molar-refractivity contribution is 7.09. The Balaban J connectivity index is 1.87. The molecule has 0 aliphatic carbocycles. The smallest absolute Gasteiger partial charge is 0.361 e. The Morgan fingerprint density at radius 1 is 1.65 bits per heavy atom. The lowest BCUT2D eigenvalue weighted by molar-refractivity contribution is 0.0503. The number of nitrogen functional groups attached to an aromatic ring is 1. The normalized spacial score (nSPS) is 10.4. The van der Waals surface area contributed by atoms with Crippen molar-refractivity contribution in [3.8, 4) is 0 Å². The predicted molar refractivity (Wildman–Crippen MR) is 65.9 cm³/mol. The average molecular weight is 251 g/mol. The number of ether oxygens (including phenoxy) is 1. The molecule has 90 valence electrons. The van der Waals surface area contributed by atoms with Crippen LogP contribution >= 0.6 is 11.3 Å². The van der Waals surface area contributed by atoms with E-state index in [-0.39, 0.29) is 5.69 Å². The second-order valence-electron chi connectivity index (χ2n) is 3.57. The van der Waals surface area contributed by atoms with Gasteiger partial charge in [0.1, 0.15) is 0 Å². The maximum Gasteiger partial charge on any atom is 0.361 e. The van der Waals surface area contributed by atoms with E-state index >= 15 is 0 Å². The molecule has 0 spiro atoms. The maximum atomic E-state index is 11.6. The first-order chi connectivity index (χ1) is 8.16. The minimum absolute atomic E-state index is 0.179. The second kappa shape index (κ2) is 5.01. The van der Waals surface area contributed by atoms with Crippen molar-refractivity contribution >= 4 is 23.0 Å². The zero-order valence-electron chi connectivity index (χ0n) is 9.42. The monoisotopic (exact) mass is 251 g/mol. The molecule has 2 rings (SSSR count). The van der Waals surface area contributed by atoms with Gasteiger partial charge in [-0.1, -0.05) is 6.07 Å². The number of aryl methyl sites for hydroxylation is 1. The molecular weight excluding hydrogens is 238 g/mol. The van der Waals surface area contributed by atoms with E-state index in [0.29, 0.717) is 12.3 Å². The van der Waals surface area contributed by atoms with Crippen LogP contribution in [-0.2, 0) is 18.2 Å². The van der Waals surface area contributed by atoms with Gasteiger partial charge >= 0.3 is 5.97 Å². The minimum atomic E-state index is -0.473. The fourth-order valence-corrected chi connectivity index (χ4v) is 2.12. The molecule has 0 unspecified atom stereocenters. The summed E-state index contributed by atoms with van der Waals surface area (Å²) < 4.78 is 6.60. The molecule has 2 heterocycles. The number of nitrogens with zero attached hydrogens (tertiary/aromatic N) is 2. The summed E-state index contributed by atoms with van der Waals surface area (Å²) in [5, 5.41) is 5.94. The largest absolute Gasteiger partial charge is 0.460 e. The summed E-state index contributed by atoms with van der Waals surface area (Å²) in [6.45, 7) is 0.343. The third-order valence-electron chi connectivity index (χ3n) is 2.21. The van der Waals surface area contributed by atoms with Gasteiger partial charge < -0.3 is 10.5 Å². The van der Waals surface area contributed by atoms with E-state index in [2.05, 4.69) is 5.10 Å². The molecule has 2 aromatic heterocycles. The molecule has 0 aliphatic rings. The van der Waals surface area contributed by atoms with Crippen molar-refractivity contribution in [2.24, 2.45) is 7.05 Å². The van der Waals surface area contributed by atoms with Gasteiger partial charge in [0.15, 0.2) is 5.69 Å². The van der Waals surface area contributed by atoms with E-state index in [1.807, 2.05) is 17.5 Å². The van der Waals surface area contributed by atoms with Gasteiger partial charge in [0.2, 0.25) is 0 Å². The van der Waals surface area contributed by atoms with Crippen molar-refractivity contribution in [1.29, 1.82) is 0 Å². The molecule has 2 aromatic rings. The quantitative estimate of drug-likeness (QED) is 0.835. The van der Waals surface area contributed by atoms with Crippen molar-refractivity contribution in [2.75, 3.05) is 12.3 Å². The number of hydrogen-bond acceptors (Lipinski definition) is 5. The predicted octanol–water partition coefficient (Wildman–Crippen LogP) is 1.46. The highest BCUT2D eigenvalue weighted by Crippen LogP contribution is 2.12. The molecule has 2 N–H and O–H groups in total. The van der Waals surface area contributed by atoms with Crippen LogP contribution in [0.2, 0.25) is 0 Å². The van der Waals surface area contributed by atoms with Crippen LogP contribution in [0, 0.1) is 0 Å². The topological polar surface area (TPSA) is 70.1 Å². The van der Waals surface area contributed by atoms with Gasteiger partial charge in [0.25, 0.3) is 0 Å². The van der Waals surface area contributed by atoms with Crippen LogP contribution in [0.1, 0.15) is 15.4 Å². The SMILES string of the molecule is Cn1cc(N)c(C(=O)OCCc2cccs2)n1. The third kappa shape index (κ3) is 2.85. The van der Waals surface area contributed by atoms with E-state index in [1.165, 1.54) is 9.56 Å². The lowest BCUT2D eigenvalue weighted by Crippen LogP contribution is -2.10. The first-order valence-corrected chi connectivity index (χ1v) is 6.03. The van der Waals surface area contributed by atoms with Gasteiger partial charge in [-0.25, -0.2) is 4.79 Å². The Morgan fingerprint density at radius 3 is 3.06 bits per heavy atom. The summed E-state index contributed by atoms with van der Waals surface area (Å²) in [6.07, 6.45) is 2.30. The molecule has 0 saturated carbocycles. The summed E-state index contributed by atoms with van der Waals surface area (Å²) >= 11 is 1.64. The van der Waals surface area contributed by atoms with Crippen LogP contribution < -0.4 is 5.73 Å². The lowest BCUT2D eigenvalue weighted by Gasteiger charge is -2.01. The van der Waals surface area contributed by atoms with E-state index in [0.717, 1.165) is 6.42 Å². The van der Waals surface area contributed by atoms with Crippen molar-refractivity contribution in [2.45, 2.75) is 6.42 Å². The first kappa shape index (κ1) is 11.7. The summed E-state index contributed by atoms with van der Waals surface area (Å²) in [5.74, 6) is -0.473. The fourth-order valence-electron chi connectivity index (χ4n) is 1.43. The van der Waals surface area contributed by atoms with E-state index < -0.39 is 5.97 Å². The van der Waals surface area contributed by atoms with Crippen LogP contribution in [0.15, 0.2) is 23.7 Å². The Labute approximate surface area is 103 Å². The van der Waals surface area contributed by atoms with E-state index in [9.17, 15) is 4.79 Å². The molecule has 5 nitrogen and oxygen atoms in total. The number of anilines is 1. The maximum absolute atomic E-state index is 11.6. The Kier molecular flexibility index (Phi) is 3.43. The van der Waals surface area contributed by atoms with Crippen LogP contribution in [0.4, 0.5) is 5.69 Å². The zero-order chi connectivity index (χ0) is 12.3. The molecule has 0 aromatic carbocycles. The molecule has 17 heavy (non-hydrogen) atoms. The van der Waals surface area contributed by atoms with Gasteiger partial charge in [-0.15, -0.1) is 11.3 Å². The summed E-state index contributed by atoms with van der Waals surface area (Å²) in [7, 11) is 1.71. The van der Waals surface area contributed by atoms with Gasteiger partial charge in [0, 0.05) is 24.5 Å². The summed E-state index contributed by atoms with van der Waals surface area (Å²) in [5.41, 5.74) is 6.15. The van der Waals surface area contributed by atoms with Crippen molar-refractivity contribution < 1.29 is 9.53 Å². The number of nitrogens with two attached hydrogens (primary N) is 1. The molecule has 0 saturated heterocycles. The van der Waals surface area contributed by atoms with Gasteiger partial charge in [-0.05, 0) is 11.4 Å². The Bertz CT molecular complexity index is 505. The van der Waals surface area contributed by atoms with Crippen LogP contribution in [-0.4, -0.2) is 22.4 Å². The van der Waals surface area contributed by atoms with Crippen molar-refractivity contribution in [1.82, 2.24) is 9.78 Å². The number of esters is 1. The van der Waals surface area contributed by atoms with E-state index in [4.69, 9.17) is 10.5 Å². The van der Waals surface area contributed by atoms with Gasteiger partial charge in [-0.2, -0.15) is 5.10 Å². The van der Waals surface area contributed by atoms with Gasteiger partial charge in [0.05, 0.1) is 12.3 Å². The summed E-state index contributed by atoms with van der Waals surface area (Å²) in [4.78, 5) is 12.8. The summed E-state index contributed by atoms with van der Waals surface area (Å²) in [6, 6.07) is 3.98. The minimum Gasteiger partial charge on any atom is -0.460 e. The molecule has 0 bridgehead atoms. The van der Waals surface area contributed by atoms with Crippen molar-refractivity contribution in [3.05, 3.63) is 34.3 Å². The first-order valence-electron chi connectivity index (χ1n) is 5.15. The average Bonchev–Trinajstić information content (AvgIpc) is 2.88. The number of hydrogen-bond donors (Lipinski definition) is 1. The number of carbonyl (C=O) groups excluding carboxylic acids is 1. The zero-order valence-corrected chi connectivity index (χ0v) is 10.2. The van der Waals surface area contributed by atoms with Crippen LogP contribution in [0.25, 0.3) is 0 Å². The molecule has 0 fully saturated rings. The van der Waals surface area contributed by atoms with Crippen LogP contribution in [0.3, 0.4) is 0 Å².